The molecular formula is C18H19NO4. The average molecular weight is 313 g/mol. The maximum Gasteiger partial charge on any atom is 0.335 e. The number of rotatable bonds is 7. The van der Waals surface area contributed by atoms with Crippen LogP contribution in [0.1, 0.15) is 39.6 Å². The number of carbonyl (C=O) groups excluding carboxylic acids is 1. The van der Waals surface area contributed by atoms with Crippen molar-refractivity contribution in [1.29, 1.82) is 0 Å². The molecule has 0 atom stereocenters. The lowest BCUT2D eigenvalue weighted by atomic mass is 10.1. The monoisotopic (exact) mass is 313 g/mol. The number of ether oxygens (including phenoxy) is 1. The summed E-state index contributed by atoms with van der Waals surface area (Å²) in [6.07, 6.45) is 0.933. The third kappa shape index (κ3) is 4.85. The standard InChI is InChI=1S/C18H19NO4/c1-2-11-23-16-9-7-14(8-10-16)17(20)19-12-13-3-5-15(6-4-13)18(21)22/h3-10H,2,11-12H2,1H3,(H,19,20)(H,21,22). The Morgan fingerprint density at radius 1 is 1.00 bits per heavy atom. The predicted octanol–water partition coefficient (Wildman–Crippen LogP) is 3.10. The van der Waals surface area contributed by atoms with E-state index in [0.29, 0.717) is 18.7 Å². The fourth-order valence-corrected chi connectivity index (χ4v) is 1.97. The Balaban J connectivity index is 1.90. The molecule has 2 rings (SSSR count). The maximum atomic E-state index is 12.1. The van der Waals surface area contributed by atoms with Crippen molar-refractivity contribution in [3.05, 3.63) is 65.2 Å². The summed E-state index contributed by atoms with van der Waals surface area (Å²) >= 11 is 0. The largest absolute Gasteiger partial charge is 0.494 e. The van der Waals surface area contributed by atoms with E-state index in [1.165, 1.54) is 12.1 Å². The van der Waals surface area contributed by atoms with Gasteiger partial charge in [-0.1, -0.05) is 19.1 Å². The molecule has 5 nitrogen and oxygen atoms in total. The molecule has 5 heteroatoms. The molecule has 0 saturated heterocycles. The molecule has 0 unspecified atom stereocenters. The van der Waals surface area contributed by atoms with Crippen LogP contribution in [0.4, 0.5) is 0 Å². The van der Waals surface area contributed by atoms with Crippen LogP contribution in [0.3, 0.4) is 0 Å². The van der Waals surface area contributed by atoms with E-state index in [0.717, 1.165) is 17.7 Å². The van der Waals surface area contributed by atoms with Crippen LogP contribution in [0.15, 0.2) is 48.5 Å². The quantitative estimate of drug-likeness (QED) is 0.823. The Morgan fingerprint density at radius 3 is 2.17 bits per heavy atom. The Kier molecular flexibility index (Phi) is 5.74. The van der Waals surface area contributed by atoms with Crippen molar-refractivity contribution >= 4 is 11.9 Å². The van der Waals surface area contributed by atoms with Crippen molar-refractivity contribution in [3.63, 3.8) is 0 Å². The zero-order valence-electron chi connectivity index (χ0n) is 12.9. The first-order valence-corrected chi connectivity index (χ1v) is 7.43. The second-order valence-corrected chi connectivity index (χ2v) is 5.06. The minimum atomic E-state index is -0.967. The van der Waals surface area contributed by atoms with Crippen LogP contribution >= 0.6 is 0 Å². The summed E-state index contributed by atoms with van der Waals surface area (Å²) in [5.74, 6) is -0.409. The molecule has 2 aromatic rings. The highest BCUT2D eigenvalue weighted by atomic mass is 16.5. The SMILES string of the molecule is CCCOc1ccc(C(=O)NCc2ccc(C(=O)O)cc2)cc1. The molecule has 120 valence electrons. The molecule has 1 amide bonds. The smallest absolute Gasteiger partial charge is 0.335 e. The molecule has 2 aromatic carbocycles. The number of carbonyl (C=O) groups is 2. The molecule has 0 saturated carbocycles. The first kappa shape index (κ1) is 16.5. The van der Waals surface area contributed by atoms with Gasteiger partial charge in [-0.3, -0.25) is 4.79 Å². The van der Waals surface area contributed by atoms with Gasteiger partial charge in [-0.2, -0.15) is 0 Å². The number of benzene rings is 2. The maximum absolute atomic E-state index is 12.1. The van der Waals surface area contributed by atoms with E-state index in [1.54, 1.807) is 36.4 Å². The van der Waals surface area contributed by atoms with Crippen LogP contribution in [0.2, 0.25) is 0 Å². The molecule has 0 aliphatic carbocycles. The zero-order chi connectivity index (χ0) is 16.7. The number of amides is 1. The van der Waals surface area contributed by atoms with Gasteiger partial charge in [0.15, 0.2) is 0 Å². The van der Waals surface area contributed by atoms with E-state index in [9.17, 15) is 9.59 Å². The molecule has 0 radical (unpaired) electrons. The summed E-state index contributed by atoms with van der Waals surface area (Å²) in [6, 6.07) is 13.4. The zero-order valence-corrected chi connectivity index (χ0v) is 12.9. The van der Waals surface area contributed by atoms with Crippen molar-refractivity contribution in [2.24, 2.45) is 0 Å². The van der Waals surface area contributed by atoms with Gasteiger partial charge < -0.3 is 15.2 Å². The lowest BCUT2D eigenvalue weighted by molar-refractivity contribution is 0.0696. The Labute approximate surface area is 134 Å². The molecule has 0 heterocycles. The molecule has 0 spiro atoms. The summed E-state index contributed by atoms with van der Waals surface area (Å²) in [5, 5.41) is 11.6. The number of hydrogen-bond acceptors (Lipinski definition) is 3. The lowest BCUT2D eigenvalue weighted by Gasteiger charge is -2.07. The average Bonchev–Trinajstić information content (AvgIpc) is 2.58. The van der Waals surface area contributed by atoms with Crippen molar-refractivity contribution in [3.8, 4) is 5.75 Å². The molecular weight excluding hydrogens is 294 g/mol. The summed E-state index contributed by atoms with van der Waals surface area (Å²) in [4.78, 5) is 22.8. The van der Waals surface area contributed by atoms with Crippen LogP contribution in [-0.4, -0.2) is 23.6 Å². The number of nitrogens with one attached hydrogen (secondary N) is 1. The van der Waals surface area contributed by atoms with E-state index < -0.39 is 5.97 Å². The topological polar surface area (TPSA) is 75.6 Å². The second kappa shape index (κ2) is 7.98. The molecule has 0 bridgehead atoms. The van der Waals surface area contributed by atoms with Crippen molar-refractivity contribution in [1.82, 2.24) is 5.32 Å². The number of carboxylic acid groups (broad SMARTS) is 1. The van der Waals surface area contributed by atoms with Gasteiger partial charge in [0.2, 0.25) is 0 Å². The normalized spacial score (nSPS) is 10.1. The molecule has 0 aliphatic heterocycles. The van der Waals surface area contributed by atoms with Gasteiger partial charge in [0.25, 0.3) is 5.91 Å². The predicted molar refractivity (Wildman–Crippen MR) is 86.8 cm³/mol. The minimum Gasteiger partial charge on any atom is -0.494 e. The third-order valence-electron chi connectivity index (χ3n) is 3.24. The first-order valence-electron chi connectivity index (χ1n) is 7.43. The Hall–Kier alpha value is -2.82. The molecule has 0 fully saturated rings. The second-order valence-electron chi connectivity index (χ2n) is 5.06. The van der Waals surface area contributed by atoms with Gasteiger partial charge in [0.05, 0.1) is 12.2 Å². The molecule has 0 aliphatic rings. The van der Waals surface area contributed by atoms with Gasteiger partial charge in [0, 0.05) is 12.1 Å². The van der Waals surface area contributed by atoms with E-state index in [2.05, 4.69) is 5.32 Å². The fourth-order valence-electron chi connectivity index (χ4n) is 1.97. The molecule has 23 heavy (non-hydrogen) atoms. The van der Waals surface area contributed by atoms with E-state index >= 15 is 0 Å². The fraction of sp³-hybridized carbons (Fsp3) is 0.222. The molecule has 2 N–H and O–H groups in total. The number of hydrogen-bond donors (Lipinski definition) is 2. The van der Waals surface area contributed by atoms with E-state index in [-0.39, 0.29) is 11.5 Å². The number of carboxylic acids is 1. The van der Waals surface area contributed by atoms with Gasteiger partial charge in [-0.25, -0.2) is 4.79 Å². The van der Waals surface area contributed by atoms with Crippen molar-refractivity contribution in [2.45, 2.75) is 19.9 Å². The van der Waals surface area contributed by atoms with Gasteiger partial charge in [-0.15, -0.1) is 0 Å². The highest BCUT2D eigenvalue weighted by molar-refractivity contribution is 5.94. The van der Waals surface area contributed by atoms with Crippen LogP contribution < -0.4 is 10.1 Å². The van der Waals surface area contributed by atoms with Gasteiger partial charge >= 0.3 is 5.97 Å². The van der Waals surface area contributed by atoms with Crippen LogP contribution in [-0.2, 0) is 6.54 Å². The highest BCUT2D eigenvalue weighted by Gasteiger charge is 2.06. The summed E-state index contributed by atoms with van der Waals surface area (Å²) < 4.78 is 5.47. The van der Waals surface area contributed by atoms with Crippen molar-refractivity contribution < 1.29 is 19.4 Å². The van der Waals surface area contributed by atoms with Gasteiger partial charge in [0.1, 0.15) is 5.75 Å². The lowest BCUT2D eigenvalue weighted by Crippen LogP contribution is -2.22. The van der Waals surface area contributed by atoms with Crippen molar-refractivity contribution in [2.75, 3.05) is 6.61 Å². The Bertz CT molecular complexity index is 662. The minimum absolute atomic E-state index is 0.186. The van der Waals surface area contributed by atoms with Crippen LogP contribution in [0.5, 0.6) is 5.75 Å². The highest BCUT2D eigenvalue weighted by Crippen LogP contribution is 2.12. The van der Waals surface area contributed by atoms with Gasteiger partial charge in [-0.05, 0) is 48.4 Å². The summed E-state index contributed by atoms with van der Waals surface area (Å²) in [6.45, 7) is 3.02. The van der Waals surface area contributed by atoms with E-state index in [1.807, 2.05) is 6.92 Å². The summed E-state index contributed by atoms with van der Waals surface area (Å²) in [7, 11) is 0. The Morgan fingerprint density at radius 2 is 1.61 bits per heavy atom. The van der Waals surface area contributed by atoms with Crippen LogP contribution in [0, 0.1) is 0 Å². The first-order chi connectivity index (χ1) is 11.1. The van der Waals surface area contributed by atoms with Crippen LogP contribution in [0.25, 0.3) is 0 Å². The summed E-state index contributed by atoms with van der Waals surface area (Å²) in [5.41, 5.74) is 1.62. The number of aromatic carboxylic acids is 1. The molecule has 0 aromatic heterocycles. The van der Waals surface area contributed by atoms with E-state index in [4.69, 9.17) is 9.84 Å². The third-order valence-corrected chi connectivity index (χ3v) is 3.24.